The highest BCUT2D eigenvalue weighted by Gasteiger charge is 2.37. The molecule has 1 aliphatic rings. The Morgan fingerprint density at radius 1 is 1.09 bits per heavy atom. The summed E-state index contributed by atoms with van der Waals surface area (Å²) in [6.45, 7) is 1.64. The van der Waals surface area contributed by atoms with Gasteiger partial charge in [-0.25, -0.2) is 4.79 Å². The summed E-state index contributed by atoms with van der Waals surface area (Å²) in [6, 6.07) is 15.3. The molecule has 2 amide bonds. The number of methoxy groups -OCH3 is 1. The standard InChI is InChI=1S/C25H24N2O6/c1-16-9-10-21(31-2)19(12-16)26-23(28)15-33-25(30)20-13-17-6-3-4-7-18(17)14-27(20)24(29)22-8-5-11-32-22/h3-12,20H,13-15H2,1-2H3,(H,26,28)/t20-/m0/s1. The molecule has 0 fully saturated rings. The number of anilines is 1. The first kappa shape index (κ1) is 22.1. The maximum absolute atomic E-state index is 13.0. The van der Waals surface area contributed by atoms with Gasteiger partial charge >= 0.3 is 5.97 Å². The first-order valence-electron chi connectivity index (χ1n) is 10.5. The number of nitrogens with zero attached hydrogens (tertiary/aromatic N) is 1. The van der Waals surface area contributed by atoms with Crippen molar-refractivity contribution in [3.8, 4) is 5.75 Å². The molecule has 3 aromatic rings. The van der Waals surface area contributed by atoms with Crippen LogP contribution in [-0.4, -0.2) is 42.4 Å². The fourth-order valence-electron chi connectivity index (χ4n) is 3.83. The van der Waals surface area contributed by atoms with E-state index in [1.54, 1.807) is 24.3 Å². The van der Waals surface area contributed by atoms with Crippen LogP contribution in [0.15, 0.2) is 65.3 Å². The minimum absolute atomic E-state index is 0.136. The summed E-state index contributed by atoms with van der Waals surface area (Å²) in [4.78, 5) is 39.8. The Hall–Kier alpha value is -4.07. The molecule has 0 saturated carbocycles. The molecule has 2 heterocycles. The van der Waals surface area contributed by atoms with E-state index in [0.29, 0.717) is 11.4 Å². The van der Waals surface area contributed by atoms with Gasteiger partial charge < -0.3 is 24.1 Å². The molecule has 0 aliphatic carbocycles. The van der Waals surface area contributed by atoms with Crippen LogP contribution in [-0.2, 0) is 27.3 Å². The van der Waals surface area contributed by atoms with Gasteiger partial charge in [-0.1, -0.05) is 30.3 Å². The quantitative estimate of drug-likeness (QED) is 0.581. The van der Waals surface area contributed by atoms with E-state index in [-0.39, 0.29) is 18.7 Å². The Balaban J connectivity index is 1.46. The van der Waals surface area contributed by atoms with E-state index in [2.05, 4.69) is 5.32 Å². The smallest absolute Gasteiger partial charge is 0.329 e. The summed E-state index contributed by atoms with van der Waals surface area (Å²) >= 11 is 0. The van der Waals surface area contributed by atoms with Gasteiger partial charge in [0, 0.05) is 13.0 Å². The highest BCUT2D eigenvalue weighted by molar-refractivity contribution is 5.97. The second kappa shape index (κ2) is 9.60. The second-order valence-corrected chi connectivity index (χ2v) is 7.76. The van der Waals surface area contributed by atoms with E-state index in [0.717, 1.165) is 16.7 Å². The number of hydrogen-bond donors (Lipinski definition) is 1. The molecule has 170 valence electrons. The van der Waals surface area contributed by atoms with E-state index < -0.39 is 30.4 Å². The lowest BCUT2D eigenvalue weighted by Crippen LogP contribution is -2.49. The third-order valence-corrected chi connectivity index (χ3v) is 5.49. The zero-order valence-electron chi connectivity index (χ0n) is 18.4. The first-order valence-corrected chi connectivity index (χ1v) is 10.5. The Kier molecular flexibility index (Phi) is 6.44. The van der Waals surface area contributed by atoms with Crippen LogP contribution in [0.25, 0.3) is 0 Å². The largest absolute Gasteiger partial charge is 0.495 e. The van der Waals surface area contributed by atoms with Crippen LogP contribution in [0.4, 0.5) is 5.69 Å². The summed E-state index contributed by atoms with van der Waals surface area (Å²) < 4.78 is 15.8. The van der Waals surface area contributed by atoms with Crippen LogP contribution in [0.5, 0.6) is 5.75 Å². The van der Waals surface area contributed by atoms with E-state index in [1.165, 1.54) is 18.3 Å². The van der Waals surface area contributed by atoms with E-state index in [4.69, 9.17) is 13.9 Å². The zero-order chi connectivity index (χ0) is 23.4. The fourth-order valence-corrected chi connectivity index (χ4v) is 3.83. The number of carbonyl (C=O) groups excluding carboxylic acids is 3. The van der Waals surface area contributed by atoms with Crippen LogP contribution in [0.2, 0.25) is 0 Å². The van der Waals surface area contributed by atoms with Gasteiger partial charge in [0.05, 0.1) is 19.1 Å². The lowest BCUT2D eigenvalue weighted by Gasteiger charge is -2.34. The van der Waals surface area contributed by atoms with Gasteiger partial charge in [0.15, 0.2) is 12.4 Å². The minimum Gasteiger partial charge on any atom is -0.495 e. The van der Waals surface area contributed by atoms with Crippen molar-refractivity contribution in [3.05, 3.63) is 83.3 Å². The highest BCUT2D eigenvalue weighted by Crippen LogP contribution is 2.27. The molecule has 1 N–H and O–H groups in total. The summed E-state index contributed by atoms with van der Waals surface area (Å²) in [5.74, 6) is -0.940. The number of furan rings is 1. The molecule has 1 aliphatic heterocycles. The summed E-state index contributed by atoms with van der Waals surface area (Å²) in [5.41, 5.74) is 3.33. The average Bonchev–Trinajstić information content (AvgIpc) is 3.36. The molecule has 0 unspecified atom stereocenters. The molecule has 1 atom stereocenters. The van der Waals surface area contributed by atoms with Crippen LogP contribution in [0.1, 0.15) is 27.2 Å². The zero-order valence-corrected chi connectivity index (χ0v) is 18.4. The summed E-state index contributed by atoms with van der Waals surface area (Å²) in [6.07, 6.45) is 1.69. The number of nitrogens with one attached hydrogen (secondary N) is 1. The van der Waals surface area contributed by atoms with Gasteiger partial charge in [-0.15, -0.1) is 0 Å². The summed E-state index contributed by atoms with van der Waals surface area (Å²) in [5, 5.41) is 2.70. The Morgan fingerprint density at radius 3 is 2.61 bits per heavy atom. The number of hydrogen-bond acceptors (Lipinski definition) is 6. The van der Waals surface area contributed by atoms with Crippen LogP contribution < -0.4 is 10.1 Å². The molecule has 0 spiro atoms. The molecule has 2 aromatic carbocycles. The van der Waals surface area contributed by atoms with Crippen LogP contribution in [0, 0.1) is 6.92 Å². The van der Waals surface area contributed by atoms with Crippen molar-refractivity contribution in [2.45, 2.75) is 25.9 Å². The van der Waals surface area contributed by atoms with Gasteiger partial charge in [-0.05, 0) is 47.9 Å². The molecule has 33 heavy (non-hydrogen) atoms. The predicted octanol–water partition coefficient (Wildman–Crippen LogP) is 3.35. The van der Waals surface area contributed by atoms with Crippen molar-refractivity contribution in [1.82, 2.24) is 4.90 Å². The molecular weight excluding hydrogens is 424 g/mol. The third-order valence-electron chi connectivity index (χ3n) is 5.49. The normalized spacial score (nSPS) is 14.8. The number of amides is 2. The summed E-state index contributed by atoms with van der Waals surface area (Å²) in [7, 11) is 1.51. The molecule has 0 bridgehead atoms. The Labute approximate surface area is 191 Å². The lowest BCUT2D eigenvalue weighted by atomic mass is 9.93. The van der Waals surface area contributed by atoms with Crippen LogP contribution in [0.3, 0.4) is 0 Å². The van der Waals surface area contributed by atoms with Crippen molar-refractivity contribution >= 4 is 23.5 Å². The highest BCUT2D eigenvalue weighted by atomic mass is 16.5. The Morgan fingerprint density at radius 2 is 1.88 bits per heavy atom. The van der Waals surface area contributed by atoms with Crippen molar-refractivity contribution in [2.24, 2.45) is 0 Å². The topological polar surface area (TPSA) is 98.1 Å². The van der Waals surface area contributed by atoms with Gasteiger partial charge in [0.1, 0.15) is 11.8 Å². The average molecular weight is 448 g/mol. The third kappa shape index (κ3) is 4.90. The van der Waals surface area contributed by atoms with Gasteiger partial charge in [-0.2, -0.15) is 0 Å². The predicted molar refractivity (Wildman–Crippen MR) is 120 cm³/mol. The number of ether oxygens (including phenoxy) is 2. The molecular formula is C25H24N2O6. The van der Waals surface area contributed by atoms with Crippen molar-refractivity contribution < 1.29 is 28.3 Å². The number of esters is 1. The first-order chi connectivity index (χ1) is 16.0. The van der Waals surface area contributed by atoms with E-state index in [9.17, 15) is 14.4 Å². The number of fused-ring (bicyclic) bond motifs is 1. The SMILES string of the molecule is COc1ccc(C)cc1NC(=O)COC(=O)[C@@H]1Cc2ccccc2CN1C(=O)c1ccco1. The number of benzene rings is 2. The second-order valence-electron chi connectivity index (χ2n) is 7.76. The molecule has 4 rings (SSSR count). The van der Waals surface area contributed by atoms with Gasteiger partial charge in [-0.3, -0.25) is 9.59 Å². The lowest BCUT2D eigenvalue weighted by molar-refractivity contribution is -0.152. The van der Waals surface area contributed by atoms with Crippen molar-refractivity contribution in [2.75, 3.05) is 19.0 Å². The Bertz CT molecular complexity index is 1170. The molecule has 1 aromatic heterocycles. The van der Waals surface area contributed by atoms with Crippen molar-refractivity contribution in [3.63, 3.8) is 0 Å². The van der Waals surface area contributed by atoms with Gasteiger partial charge in [0.2, 0.25) is 0 Å². The van der Waals surface area contributed by atoms with Crippen molar-refractivity contribution in [1.29, 1.82) is 0 Å². The van der Waals surface area contributed by atoms with Crippen LogP contribution >= 0.6 is 0 Å². The maximum atomic E-state index is 13.0. The number of rotatable bonds is 6. The molecule has 8 nitrogen and oxygen atoms in total. The molecule has 0 saturated heterocycles. The van der Waals surface area contributed by atoms with E-state index in [1.807, 2.05) is 37.3 Å². The molecule has 8 heteroatoms. The number of carbonyl (C=O) groups is 3. The monoisotopic (exact) mass is 448 g/mol. The van der Waals surface area contributed by atoms with E-state index >= 15 is 0 Å². The maximum Gasteiger partial charge on any atom is 0.329 e. The minimum atomic E-state index is -0.876. The van der Waals surface area contributed by atoms with Gasteiger partial charge in [0.25, 0.3) is 11.8 Å². The fraction of sp³-hybridized carbons (Fsp3) is 0.240. The molecule has 0 radical (unpaired) electrons. The number of aryl methyl sites for hydroxylation is 1.